The highest BCUT2D eigenvalue weighted by Gasteiger charge is 2.28. The molecule has 5 nitrogen and oxygen atoms in total. The fraction of sp³-hybridized carbons (Fsp3) is 0.211. The number of benzene rings is 1. The SMILES string of the molecule is O=C(O[C@@H]1CCN(c2cncc(Cl)n2)C1)c1sccc1-c1ccccc1. The number of esters is 1. The lowest BCUT2D eigenvalue weighted by molar-refractivity contribution is 0.0354. The number of hydrogen-bond acceptors (Lipinski definition) is 6. The van der Waals surface area contributed by atoms with E-state index < -0.39 is 0 Å². The fourth-order valence-corrected chi connectivity index (χ4v) is 3.98. The van der Waals surface area contributed by atoms with Crippen LogP contribution < -0.4 is 4.90 Å². The van der Waals surface area contributed by atoms with Gasteiger partial charge in [-0.2, -0.15) is 0 Å². The van der Waals surface area contributed by atoms with Crippen molar-refractivity contribution in [2.24, 2.45) is 0 Å². The van der Waals surface area contributed by atoms with Crippen molar-refractivity contribution in [3.05, 3.63) is 64.2 Å². The van der Waals surface area contributed by atoms with Gasteiger partial charge in [0, 0.05) is 18.5 Å². The monoisotopic (exact) mass is 385 g/mol. The number of nitrogens with zero attached hydrogens (tertiary/aromatic N) is 3. The van der Waals surface area contributed by atoms with E-state index in [2.05, 4.69) is 9.97 Å². The molecule has 4 rings (SSSR count). The molecule has 0 unspecified atom stereocenters. The van der Waals surface area contributed by atoms with Gasteiger partial charge in [0.1, 0.15) is 22.0 Å². The van der Waals surface area contributed by atoms with Crippen LogP contribution in [0.4, 0.5) is 5.82 Å². The molecule has 26 heavy (non-hydrogen) atoms. The number of anilines is 1. The van der Waals surface area contributed by atoms with Crippen molar-refractivity contribution in [2.45, 2.75) is 12.5 Å². The van der Waals surface area contributed by atoms with Crippen LogP contribution in [0.5, 0.6) is 0 Å². The zero-order chi connectivity index (χ0) is 17.9. The minimum Gasteiger partial charge on any atom is -0.456 e. The molecule has 2 aromatic heterocycles. The van der Waals surface area contributed by atoms with Crippen molar-refractivity contribution in [1.82, 2.24) is 9.97 Å². The summed E-state index contributed by atoms with van der Waals surface area (Å²) < 4.78 is 5.75. The van der Waals surface area contributed by atoms with E-state index in [4.69, 9.17) is 16.3 Å². The summed E-state index contributed by atoms with van der Waals surface area (Å²) in [6, 6.07) is 11.8. The standard InChI is InChI=1S/C19H16ClN3O2S/c20-16-10-21-11-17(22-16)23-8-6-14(12-23)25-19(24)18-15(7-9-26-18)13-4-2-1-3-5-13/h1-5,7,9-11,14H,6,8,12H2/t14-/m1/s1. The Labute approximate surface area is 160 Å². The van der Waals surface area contributed by atoms with Crippen molar-refractivity contribution >= 4 is 34.7 Å². The molecule has 1 aliphatic rings. The van der Waals surface area contributed by atoms with Crippen molar-refractivity contribution in [1.29, 1.82) is 0 Å². The Balaban J connectivity index is 1.45. The van der Waals surface area contributed by atoms with Gasteiger partial charge in [0.2, 0.25) is 0 Å². The smallest absolute Gasteiger partial charge is 0.349 e. The molecule has 0 bridgehead atoms. The predicted molar refractivity (Wildman–Crippen MR) is 103 cm³/mol. The van der Waals surface area contributed by atoms with Crippen LogP contribution in [0, 0.1) is 0 Å². The Kier molecular flexibility index (Phi) is 4.86. The lowest BCUT2D eigenvalue weighted by Crippen LogP contribution is -2.25. The van der Waals surface area contributed by atoms with Crippen LogP contribution in [0.1, 0.15) is 16.1 Å². The molecule has 1 fully saturated rings. The topological polar surface area (TPSA) is 55.3 Å². The molecule has 132 valence electrons. The summed E-state index contributed by atoms with van der Waals surface area (Å²) in [4.78, 5) is 23.7. The van der Waals surface area contributed by atoms with E-state index in [0.717, 1.165) is 24.1 Å². The second kappa shape index (κ2) is 7.43. The minimum absolute atomic E-state index is 0.172. The van der Waals surface area contributed by atoms with Crippen molar-refractivity contribution in [3.8, 4) is 11.1 Å². The van der Waals surface area contributed by atoms with Crippen LogP contribution in [-0.4, -0.2) is 35.1 Å². The summed E-state index contributed by atoms with van der Waals surface area (Å²) in [6.45, 7) is 1.34. The maximum Gasteiger partial charge on any atom is 0.349 e. The Bertz CT molecular complexity index is 916. The van der Waals surface area contributed by atoms with Gasteiger partial charge in [-0.1, -0.05) is 41.9 Å². The summed E-state index contributed by atoms with van der Waals surface area (Å²) >= 11 is 7.31. The third kappa shape index (κ3) is 3.57. The molecule has 0 radical (unpaired) electrons. The molecule has 1 saturated heterocycles. The predicted octanol–water partition coefficient (Wildman–Crippen LogP) is 4.29. The summed E-state index contributed by atoms with van der Waals surface area (Å²) in [5.41, 5.74) is 1.93. The zero-order valence-electron chi connectivity index (χ0n) is 13.8. The van der Waals surface area contributed by atoms with Crippen molar-refractivity contribution < 1.29 is 9.53 Å². The molecule has 7 heteroatoms. The molecule has 1 atom stereocenters. The maximum absolute atomic E-state index is 12.7. The minimum atomic E-state index is -0.275. The van der Waals surface area contributed by atoms with E-state index in [1.54, 1.807) is 6.20 Å². The number of carbonyl (C=O) groups excluding carboxylic acids is 1. The average Bonchev–Trinajstić information content (AvgIpc) is 3.32. The number of rotatable bonds is 4. The third-order valence-corrected chi connectivity index (χ3v) is 5.35. The molecule has 3 aromatic rings. The largest absolute Gasteiger partial charge is 0.456 e. The van der Waals surface area contributed by atoms with Crippen LogP contribution >= 0.6 is 22.9 Å². The van der Waals surface area contributed by atoms with Gasteiger partial charge in [-0.3, -0.25) is 4.98 Å². The van der Waals surface area contributed by atoms with Crippen LogP contribution in [0.15, 0.2) is 54.2 Å². The summed E-state index contributed by atoms with van der Waals surface area (Å²) in [7, 11) is 0. The second-order valence-electron chi connectivity index (χ2n) is 5.99. The molecule has 0 N–H and O–H groups in total. The normalized spacial score (nSPS) is 16.7. The Morgan fingerprint density at radius 2 is 2.08 bits per heavy atom. The average molecular weight is 386 g/mol. The first-order valence-electron chi connectivity index (χ1n) is 8.27. The van der Waals surface area contributed by atoms with Gasteiger partial charge in [-0.15, -0.1) is 11.3 Å². The summed E-state index contributed by atoms with van der Waals surface area (Å²) in [5, 5.41) is 2.27. The lowest BCUT2D eigenvalue weighted by atomic mass is 10.1. The first-order valence-corrected chi connectivity index (χ1v) is 9.53. The van der Waals surface area contributed by atoms with Gasteiger partial charge in [0.25, 0.3) is 0 Å². The van der Waals surface area contributed by atoms with E-state index in [-0.39, 0.29) is 12.1 Å². The highest BCUT2D eigenvalue weighted by atomic mass is 35.5. The molecule has 0 spiro atoms. The first-order chi connectivity index (χ1) is 12.7. The van der Waals surface area contributed by atoms with Crippen molar-refractivity contribution in [2.75, 3.05) is 18.0 Å². The molecule has 0 saturated carbocycles. The van der Waals surface area contributed by atoms with E-state index in [1.165, 1.54) is 17.5 Å². The third-order valence-electron chi connectivity index (χ3n) is 4.27. The molecular formula is C19H16ClN3O2S. The molecule has 1 aromatic carbocycles. The number of aromatic nitrogens is 2. The van der Waals surface area contributed by atoms with Crippen LogP contribution in [0.3, 0.4) is 0 Å². The lowest BCUT2D eigenvalue weighted by Gasteiger charge is -2.17. The molecule has 0 amide bonds. The quantitative estimate of drug-likeness (QED) is 0.627. The van der Waals surface area contributed by atoms with Gasteiger partial charge in [-0.25, -0.2) is 9.78 Å². The molecule has 3 heterocycles. The van der Waals surface area contributed by atoms with Crippen LogP contribution in [0.25, 0.3) is 11.1 Å². The van der Waals surface area contributed by atoms with Gasteiger partial charge in [-0.05, 0) is 17.0 Å². The Morgan fingerprint density at radius 3 is 2.88 bits per heavy atom. The zero-order valence-corrected chi connectivity index (χ0v) is 15.4. The van der Waals surface area contributed by atoms with E-state index in [1.807, 2.05) is 46.7 Å². The maximum atomic E-state index is 12.7. The molecular weight excluding hydrogens is 370 g/mol. The van der Waals surface area contributed by atoms with Gasteiger partial charge < -0.3 is 9.64 Å². The van der Waals surface area contributed by atoms with Gasteiger partial charge in [0.15, 0.2) is 0 Å². The highest BCUT2D eigenvalue weighted by Crippen LogP contribution is 2.30. The molecule has 0 aliphatic carbocycles. The highest BCUT2D eigenvalue weighted by molar-refractivity contribution is 7.12. The number of thiophene rings is 1. The summed E-state index contributed by atoms with van der Waals surface area (Å²) in [6.07, 6.45) is 3.75. The van der Waals surface area contributed by atoms with Gasteiger partial charge >= 0.3 is 5.97 Å². The Morgan fingerprint density at radius 1 is 1.23 bits per heavy atom. The fourth-order valence-electron chi connectivity index (χ4n) is 3.03. The van der Waals surface area contributed by atoms with Gasteiger partial charge in [0.05, 0.1) is 18.9 Å². The van der Waals surface area contributed by atoms with Crippen LogP contribution in [0.2, 0.25) is 5.15 Å². The number of hydrogen-bond donors (Lipinski definition) is 0. The molecule has 1 aliphatic heterocycles. The van der Waals surface area contributed by atoms with Crippen molar-refractivity contribution in [3.63, 3.8) is 0 Å². The number of carbonyl (C=O) groups is 1. The first kappa shape index (κ1) is 17.0. The number of ether oxygens (including phenoxy) is 1. The Hall–Kier alpha value is -2.44. The van der Waals surface area contributed by atoms with Crippen LogP contribution in [-0.2, 0) is 4.74 Å². The van der Waals surface area contributed by atoms with E-state index in [0.29, 0.717) is 22.4 Å². The second-order valence-corrected chi connectivity index (χ2v) is 7.29. The number of halogens is 1. The summed E-state index contributed by atoms with van der Waals surface area (Å²) in [5.74, 6) is 0.431. The van der Waals surface area contributed by atoms with E-state index in [9.17, 15) is 4.79 Å². The van der Waals surface area contributed by atoms with E-state index >= 15 is 0 Å².